The molecule has 100 valence electrons. The van der Waals surface area contributed by atoms with E-state index in [0.717, 1.165) is 5.69 Å². The standard InChI is InChI=1S/C13H16N4O2/c1-8-7-15-11(16-8)9(2)17-12(18)10-5-4-6-14-13(10)19-3/h4-7,9H,1-3H3,(H,15,16)(H,17,18)/t9-/m1/s1. The maximum atomic E-state index is 12.1. The Morgan fingerprint density at radius 2 is 2.26 bits per heavy atom. The van der Waals surface area contributed by atoms with E-state index in [1.807, 2.05) is 13.8 Å². The van der Waals surface area contributed by atoms with Crippen molar-refractivity contribution in [2.45, 2.75) is 19.9 Å². The van der Waals surface area contributed by atoms with E-state index in [0.29, 0.717) is 17.3 Å². The minimum atomic E-state index is -0.244. The van der Waals surface area contributed by atoms with Crippen LogP contribution in [-0.4, -0.2) is 28.0 Å². The fourth-order valence-corrected chi connectivity index (χ4v) is 1.72. The Hall–Kier alpha value is -2.37. The molecule has 19 heavy (non-hydrogen) atoms. The largest absolute Gasteiger partial charge is 0.480 e. The Labute approximate surface area is 111 Å². The highest BCUT2D eigenvalue weighted by Crippen LogP contribution is 2.15. The molecule has 6 nitrogen and oxygen atoms in total. The zero-order valence-electron chi connectivity index (χ0n) is 11.1. The van der Waals surface area contributed by atoms with Crippen molar-refractivity contribution in [3.8, 4) is 5.88 Å². The number of imidazole rings is 1. The number of nitrogens with one attached hydrogen (secondary N) is 2. The summed E-state index contributed by atoms with van der Waals surface area (Å²) < 4.78 is 5.06. The number of hydrogen-bond acceptors (Lipinski definition) is 4. The molecule has 2 aromatic rings. The van der Waals surface area contributed by atoms with Gasteiger partial charge in [-0.2, -0.15) is 0 Å². The van der Waals surface area contributed by atoms with Crippen molar-refractivity contribution >= 4 is 5.91 Å². The number of rotatable bonds is 4. The van der Waals surface area contributed by atoms with E-state index < -0.39 is 0 Å². The van der Waals surface area contributed by atoms with Gasteiger partial charge in [0.25, 0.3) is 5.91 Å². The molecule has 0 fully saturated rings. The number of pyridine rings is 1. The number of aromatic amines is 1. The van der Waals surface area contributed by atoms with Crippen molar-refractivity contribution in [3.05, 3.63) is 41.6 Å². The molecule has 2 aromatic heterocycles. The van der Waals surface area contributed by atoms with Gasteiger partial charge in [0, 0.05) is 18.1 Å². The highest BCUT2D eigenvalue weighted by Gasteiger charge is 2.17. The average Bonchev–Trinajstić information content (AvgIpc) is 2.85. The molecule has 6 heteroatoms. The first-order valence-electron chi connectivity index (χ1n) is 5.93. The van der Waals surface area contributed by atoms with E-state index in [-0.39, 0.29) is 11.9 Å². The van der Waals surface area contributed by atoms with Crippen LogP contribution in [0.4, 0.5) is 0 Å². The van der Waals surface area contributed by atoms with E-state index in [2.05, 4.69) is 20.3 Å². The summed E-state index contributed by atoms with van der Waals surface area (Å²) in [5.74, 6) is 0.781. The van der Waals surface area contributed by atoms with Crippen molar-refractivity contribution < 1.29 is 9.53 Å². The maximum absolute atomic E-state index is 12.1. The molecule has 0 aliphatic carbocycles. The summed E-state index contributed by atoms with van der Waals surface area (Å²) in [6.07, 6.45) is 3.30. The third-order valence-electron chi connectivity index (χ3n) is 2.69. The zero-order chi connectivity index (χ0) is 13.8. The summed E-state index contributed by atoms with van der Waals surface area (Å²) in [5.41, 5.74) is 1.36. The van der Waals surface area contributed by atoms with Crippen LogP contribution < -0.4 is 10.1 Å². The van der Waals surface area contributed by atoms with Crippen LogP contribution in [0, 0.1) is 6.92 Å². The molecule has 2 N–H and O–H groups in total. The fraction of sp³-hybridized carbons (Fsp3) is 0.308. The number of amides is 1. The Morgan fingerprint density at radius 1 is 1.47 bits per heavy atom. The van der Waals surface area contributed by atoms with E-state index in [9.17, 15) is 4.79 Å². The predicted molar refractivity (Wildman–Crippen MR) is 70.0 cm³/mol. The summed E-state index contributed by atoms with van der Waals surface area (Å²) >= 11 is 0. The number of ether oxygens (including phenoxy) is 1. The Morgan fingerprint density at radius 3 is 2.89 bits per heavy atom. The normalized spacial score (nSPS) is 11.9. The number of aromatic nitrogens is 3. The van der Waals surface area contributed by atoms with Gasteiger partial charge in [-0.15, -0.1) is 0 Å². The molecule has 0 saturated carbocycles. The highest BCUT2D eigenvalue weighted by atomic mass is 16.5. The second-order valence-electron chi connectivity index (χ2n) is 4.21. The van der Waals surface area contributed by atoms with E-state index in [1.54, 1.807) is 24.5 Å². The Balaban J connectivity index is 2.12. The quantitative estimate of drug-likeness (QED) is 0.875. The van der Waals surface area contributed by atoms with Gasteiger partial charge in [0.15, 0.2) is 0 Å². The summed E-state index contributed by atoms with van der Waals surface area (Å²) in [5, 5.41) is 2.85. The lowest BCUT2D eigenvalue weighted by molar-refractivity contribution is 0.0934. The first-order valence-corrected chi connectivity index (χ1v) is 5.93. The second-order valence-corrected chi connectivity index (χ2v) is 4.21. The fourth-order valence-electron chi connectivity index (χ4n) is 1.72. The zero-order valence-corrected chi connectivity index (χ0v) is 11.1. The Kier molecular flexibility index (Phi) is 3.79. The van der Waals surface area contributed by atoms with Crippen molar-refractivity contribution in [1.29, 1.82) is 0 Å². The lowest BCUT2D eigenvalue weighted by Gasteiger charge is -2.12. The molecule has 0 aliphatic heterocycles. The van der Waals surface area contributed by atoms with Gasteiger partial charge in [-0.05, 0) is 26.0 Å². The summed E-state index contributed by atoms with van der Waals surface area (Å²) in [7, 11) is 1.48. The molecule has 1 atom stereocenters. The van der Waals surface area contributed by atoms with Crippen LogP contribution in [0.3, 0.4) is 0 Å². The molecule has 2 heterocycles. The van der Waals surface area contributed by atoms with Gasteiger partial charge in [-0.1, -0.05) is 0 Å². The van der Waals surface area contributed by atoms with Crippen LogP contribution in [0.2, 0.25) is 0 Å². The third-order valence-corrected chi connectivity index (χ3v) is 2.69. The number of hydrogen-bond donors (Lipinski definition) is 2. The van der Waals surface area contributed by atoms with Crippen LogP contribution in [-0.2, 0) is 0 Å². The first kappa shape index (κ1) is 13.1. The third kappa shape index (κ3) is 2.90. The van der Waals surface area contributed by atoms with E-state index >= 15 is 0 Å². The minimum absolute atomic E-state index is 0.217. The molecule has 0 aliphatic rings. The molecule has 0 unspecified atom stereocenters. The number of carbonyl (C=O) groups is 1. The molecule has 0 spiro atoms. The lowest BCUT2D eigenvalue weighted by Crippen LogP contribution is -2.27. The summed E-state index contributed by atoms with van der Waals surface area (Å²) in [6.45, 7) is 3.77. The van der Waals surface area contributed by atoms with Crippen LogP contribution in [0.5, 0.6) is 5.88 Å². The highest BCUT2D eigenvalue weighted by molar-refractivity contribution is 5.96. The van der Waals surface area contributed by atoms with Gasteiger partial charge >= 0.3 is 0 Å². The summed E-state index contributed by atoms with van der Waals surface area (Å²) in [6, 6.07) is 3.14. The van der Waals surface area contributed by atoms with Crippen molar-refractivity contribution in [2.75, 3.05) is 7.11 Å². The topological polar surface area (TPSA) is 79.9 Å². The van der Waals surface area contributed by atoms with Crippen molar-refractivity contribution in [2.24, 2.45) is 0 Å². The smallest absolute Gasteiger partial charge is 0.257 e. The molecule has 1 amide bonds. The van der Waals surface area contributed by atoms with Gasteiger partial charge in [-0.3, -0.25) is 4.79 Å². The first-order chi connectivity index (χ1) is 9.11. The maximum Gasteiger partial charge on any atom is 0.257 e. The number of aryl methyl sites for hydroxylation is 1. The molecule has 2 rings (SSSR count). The predicted octanol–water partition coefficient (Wildman–Crippen LogP) is 1.61. The number of carbonyl (C=O) groups excluding carboxylic acids is 1. The van der Waals surface area contributed by atoms with Gasteiger partial charge in [0.1, 0.15) is 11.4 Å². The minimum Gasteiger partial charge on any atom is -0.480 e. The summed E-state index contributed by atoms with van der Waals surface area (Å²) in [4.78, 5) is 23.4. The van der Waals surface area contributed by atoms with Gasteiger partial charge < -0.3 is 15.0 Å². The number of H-pyrrole nitrogens is 1. The number of nitrogens with zero attached hydrogens (tertiary/aromatic N) is 2. The van der Waals surface area contributed by atoms with Crippen molar-refractivity contribution in [1.82, 2.24) is 20.3 Å². The molecule has 0 aromatic carbocycles. The second kappa shape index (κ2) is 5.51. The van der Waals surface area contributed by atoms with Gasteiger partial charge in [0.2, 0.25) is 5.88 Å². The van der Waals surface area contributed by atoms with Crippen molar-refractivity contribution in [3.63, 3.8) is 0 Å². The van der Waals surface area contributed by atoms with E-state index in [1.165, 1.54) is 7.11 Å². The van der Waals surface area contributed by atoms with Crippen LogP contribution in [0.25, 0.3) is 0 Å². The molecular formula is C13H16N4O2. The van der Waals surface area contributed by atoms with Crippen LogP contribution in [0.1, 0.15) is 34.8 Å². The van der Waals surface area contributed by atoms with Crippen LogP contribution >= 0.6 is 0 Å². The molecule has 0 radical (unpaired) electrons. The van der Waals surface area contributed by atoms with Gasteiger partial charge in [-0.25, -0.2) is 9.97 Å². The number of methoxy groups -OCH3 is 1. The Bertz CT molecular complexity index is 580. The van der Waals surface area contributed by atoms with E-state index in [4.69, 9.17) is 4.74 Å². The SMILES string of the molecule is COc1ncccc1C(=O)N[C@H](C)c1ncc(C)[nH]1. The molecule has 0 bridgehead atoms. The lowest BCUT2D eigenvalue weighted by atomic mass is 10.2. The van der Waals surface area contributed by atoms with Crippen LogP contribution in [0.15, 0.2) is 24.5 Å². The average molecular weight is 260 g/mol. The molecule has 0 saturated heterocycles. The molecular weight excluding hydrogens is 244 g/mol. The van der Waals surface area contributed by atoms with Gasteiger partial charge in [0.05, 0.1) is 13.2 Å². The monoisotopic (exact) mass is 260 g/mol.